The summed E-state index contributed by atoms with van der Waals surface area (Å²) in [5.41, 5.74) is 4.18. The lowest BCUT2D eigenvalue weighted by Crippen LogP contribution is -2.30. The Hall–Kier alpha value is -1.85. The van der Waals surface area contributed by atoms with Crippen molar-refractivity contribution in [1.29, 1.82) is 0 Å². The van der Waals surface area contributed by atoms with Crippen LogP contribution >= 0.6 is 0 Å². The first-order chi connectivity index (χ1) is 11.2. The van der Waals surface area contributed by atoms with E-state index in [1.54, 1.807) is 0 Å². The molecule has 0 saturated carbocycles. The second kappa shape index (κ2) is 6.72. The summed E-state index contributed by atoms with van der Waals surface area (Å²) < 4.78 is 7.19. The number of likely N-dealkylation sites (N-methyl/N-ethyl adjacent to an activating group) is 1. The molecule has 5 nitrogen and oxygen atoms in total. The van der Waals surface area contributed by atoms with E-state index < -0.39 is 0 Å². The Labute approximate surface area is 136 Å². The van der Waals surface area contributed by atoms with E-state index in [2.05, 4.69) is 22.5 Å². The maximum Gasteiger partial charge on any atom is 0.340 e. The Morgan fingerprint density at radius 3 is 2.91 bits per heavy atom. The number of hydrogen-bond acceptors (Lipinski definition) is 4. The molecular weight excluding hydrogens is 292 g/mol. The molecule has 5 heteroatoms. The van der Waals surface area contributed by atoms with Gasteiger partial charge in [0.1, 0.15) is 0 Å². The summed E-state index contributed by atoms with van der Waals surface area (Å²) in [5, 5.41) is 10.4. The van der Waals surface area contributed by atoms with Crippen LogP contribution in [0.4, 0.5) is 0 Å². The highest BCUT2D eigenvalue weighted by atomic mass is 16.5. The first-order valence-electron chi connectivity index (χ1n) is 8.25. The molecule has 0 atom stereocenters. The van der Waals surface area contributed by atoms with E-state index in [1.165, 1.54) is 18.4 Å². The van der Waals surface area contributed by atoms with Gasteiger partial charge in [-0.3, -0.25) is 4.90 Å². The zero-order valence-electron chi connectivity index (χ0n) is 13.8. The zero-order valence-corrected chi connectivity index (χ0v) is 13.8. The normalized spacial score (nSPS) is 14.9. The van der Waals surface area contributed by atoms with Gasteiger partial charge in [0.15, 0.2) is 0 Å². The largest absolute Gasteiger partial charge is 0.465 e. The quantitative estimate of drug-likeness (QED) is 0.859. The van der Waals surface area contributed by atoms with Crippen molar-refractivity contribution in [3.05, 3.63) is 35.0 Å². The minimum atomic E-state index is -0.303. The fourth-order valence-electron chi connectivity index (χ4n) is 3.58. The molecule has 1 aliphatic rings. The van der Waals surface area contributed by atoms with Crippen LogP contribution in [-0.2, 0) is 24.2 Å². The molecule has 1 aromatic heterocycles. The molecule has 0 bridgehead atoms. The number of para-hydroxylation sites is 1. The SMILES string of the molecule is CCN1CCc2c(c3cccc(C(=O)OC)c3n2CCCO)C1. The smallest absolute Gasteiger partial charge is 0.340 e. The predicted molar refractivity (Wildman–Crippen MR) is 89.6 cm³/mol. The van der Waals surface area contributed by atoms with Gasteiger partial charge in [-0.15, -0.1) is 0 Å². The number of methoxy groups -OCH3 is 1. The molecule has 1 aromatic carbocycles. The fourth-order valence-corrected chi connectivity index (χ4v) is 3.58. The summed E-state index contributed by atoms with van der Waals surface area (Å²) in [6.45, 7) is 6.03. The number of benzene rings is 1. The minimum absolute atomic E-state index is 0.149. The second-order valence-corrected chi connectivity index (χ2v) is 5.97. The highest BCUT2D eigenvalue weighted by molar-refractivity contribution is 6.04. The fraction of sp³-hybridized carbons (Fsp3) is 0.500. The monoisotopic (exact) mass is 316 g/mol. The summed E-state index contributed by atoms with van der Waals surface area (Å²) in [5.74, 6) is -0.303. The Morgan fingerprint density at radius 1 is 1.39 bits per heavy atom. The van der Waals surface area contributed by atoms with Crippen LogP contribution in [-0.4, -0.2) is 47.3 Å². The van der Waals surface area contributed by atoms with Gasteiger partial charge < -0.3 is 14.4 Å². The van der Waals surface area contributed by atoms with Crippen LogP contribution in [0, 0.1) is 0 Å². The Kier molecular flexibility index (Phi) is 4.68. The topological polar surface area (TPSA) is 54.7 Å². The third kappa shape index (κ3) is 2.75. The molecule has 23 heavy (non-hydrogen) atoms. The lowest BCUT2D eigenvalue weighted by Gasteiger charge is -2.26. The molecule has 0 fully saturated rings. The van der Waals surface area contributed by atoms with Gasteiger partial charge in [-0.05, 0) is 24.6 Å². The van der Waals surface area contributed by atoms with Gasteiger partial charge in [0.05, 0.1) is 18.2 Å². The summed E-state index contributed by atoms with van der Waals surface area (Å²) in [6.07, 6.45) is 1.66. The van der Waals surface area contributed by atoms with Gasteiger partial charge in [-0.1, -0.05) is 19.1 Å². The molecule has 0 spiro atoms. The molecule has 0 amide bonds. The van der Waals surface area contributed by atoms with E-state index in [4.69, 9.17) is 4.74 Å². The third-order valence-corrected chi connectivity index (χ3v) is 4.74. The van der Waals surface area contributed by atoms with Gasteiger partial charge in [-0.25, -0.2) is 4.79 Å². The molecule has 0 aliphatic carbocycles. The summed E-state index contributed by atoms with van der Waals surface area (Å²) in [6, 6.07) is 5.85. The van der Waals surface area contributed by atoms with Crippen LogP contribution in [0.2, 0.25) is 0 Å². The summed E-state index contributed by atoms with van der Waals surface area (Å²) in [7, 11) is 1.42. The van der Waals surface area contributed by atoms with Crippen molar-refractivity contribution in [3.8, 4) is 0 Å². The maximum absolute atomic E-state index is 12.2. The molecule has 2 aromatic rings. The van der Waals surface area contributed by atoms with Crippen molar-refractivity contribution in [2.24, 2.45) is 0 Å². The number of aliphatic hydroxyl groups excluding tert-OH is 1. The molecule has 3 rings (SSSR count). The Morgan fingerprint density at radius 2 is 2.22 bits per heavy atom. The van der Waals surface area contributed by atoms with Crippen LogP contribution in [0.25, 0.3) is 10.9 Å². The average molecular weight is 316 g/mol. The van der Waals surface area contributed by atoms with Crippen LogP contribution in [0.3, 0.4) is 0 Å². The number of aliphatic hydroxyl groups is 1. The van der Waals surface area contributed by atoms with Crippen LogP contribution in [0.5, 0.6) is 0 Å². The first kappa shape index (κ1) is 16.0. The van der Waals surface area contributed by atoms with Crippen molar-refractivity contribution < 1.29 is 14.6 Å². The summed E-state index contributed by atoms with van der Waals surface area (Å²) >= 11 is 0. The lowest BCUT2D eigenvalue weighted by molar-refractivity contribution is 0.0602. The van der Waals surface area contributed by atoms with E-state index >= 15 is 0 Å². The highest BCUT2D eigenvalue weighted by Gasteiger charge is 2.25. The van der Waals surface area contributed by atoms with E-state index in [0.29, 0.717) is 12.0 Å². The number of fused-ring (bicyclic) bond motifs is 3. The van der Waals surface area contributed by atoms with Crippen molar-refractivity contribution in [2.45, 2.75) is 32.9 Å². The van der Waals surface area contributed by atoms with Gasteiger partial charge in [0, 0.05) is 43.7 Å². The molecule has 0 saturated heterocycles. The molecule has 2 heterocycles. The van der Waals surface area contributed by atoms with Crippen LogP contribution < -0.4 is 0 Å². The second-order valence-electron chi connectivity index (χ2n) is 5.97. The number of esters is 1. The van der Waals surface area contributed by atoms with E-state index in [9.17, 15) is 9.90 Å². The Balaban J connectivity index is 2.22. The Bertz CT molecular complexity index is 721. The van der Waals surface area contributed by atoms with E-state index in [0.717, 1.165) is 43.5 Å². The number of carbonyl (C=O) groups is 1. The van der Waals surface area contributed by atoms with E-state index in [-0.39, 0.29) is 12.6 Å². The number of rotatable bonds is 5. The van der Waals surface area contributed by atoms with Crippen LogP contribution in [0.1, 0.15) is 35.0 Å². The molecule has 0 unspecified atom stereocenters. The molecule has 1 aliphatic heterocycles. The predicted octanol–water partition coefficient (Wildman–Crippen LogP) is 2.19. The first-order valence-corrected chi connectivity index (χ1v) is 8.25. The number of carbonyl (C=O) groups excluding carboxylic acids is 1. The number of aryl methyl sites for hydroxylation is 1. The third-order valence-electron chi connectivity index (χ3n) is 4.74. The minimum Gasteiger partial charge on any atom is -0.465 e. The number of aromatic nitrogens is 1. The maximum atomic E-state index is 12.2. The van der Waals surface area contributed by atoms with Crippen molar-refractivity contribution in [1.82, 2.24) is 9.47 Å². The highest BCUT2D eigenvalue weighted by Crippen LogP contribution is 2.33. The number of nitrogens with zero attached hydrogens (tertiary/aromatic N) is 2. The van der Waals surface area contributed by atoms with Crippen molar-refractivity contribution in [3.63, 3.8) is 0 Å². The number of hydrogen-bond donors (Lipinski definition) is 1. The standard InChI is InChI=1S/C18H24N2O3/c1-3-19-10-8-16-15(12-19)13-6-4-7-14(18(22)23-2)17(13)20(16)9-5-11-21/h4,6-7,21H,3,5,8-12H2,1-2H3. The van der Waals surface area contributed by atoms with Crippen molar-refractivity contribution in [2.75, 3.05) is 26.8 Å². The zero-order chi connectivity index (χ0) is 16.4. The van der Waals surface area contributed by atoms with Gasteiger partial charge in [0.2, 0.25) is 0 Å². The molecular formula is C18H24N2O3. The number of ether oxygens (including phenoxy) is 1. The van der Waals surface area contributed by atoms with Crippen LogP contribution in [0.15, 0.2) is 18.2 Å². The van der Waals surface area contributed by atoms with Crippen molar-refractivity contribution >= 4 is 16.9 Å². The lowest BCUT2D eigenvalue weighted by atomic mass is 10.0. The van der Waals surface area contributed by atoms with Gasteiger partial charge in [-0.2, -0.15) is 0 Å². The molecule has 124 valence electrons. The van der Waals surface area contributed by atoms with Gasteiger partial charge in [0.25, 0.3) is 0 Å². The molecule has 1 N–H and O–H groups in total. The average Bonchev–Trinajstić information content (AvgIpc) is 2.92. The molecule has 0 radical (unpaired) electrons. The summed E-state index contributed by atoms with van der Waals surface area (Å²) in [4.78, 5) is 14.6. The van der Waals surface area contributed by atoms with Gasteiger partial charge >= 0.3 is 5.97 Å². The van der Waals surface area contributed by atoms with E-state index in [1.807, 2.05) is 12.1 Å².